The molecule has 0 aliphatic carbocycles. The molecule has 189 valence electrons. The fourth-order valence-corrected chi connectivity index (χ4v) is 5.44. The molecule has 38 heavy (non-hydrogen) atoms. The Morgan fingerprint density at radius 3 is 2.55 bits per heavy atom. The van der Waals surface area contributed by atoms with Crippen molar-refractivity contribution in [2.24, 2.45) is 0 Å². The predicted octanol–water partition coefficient (Wildman–Crippen LogP) is 8.53. The molecule has 0 amide bonds. The Balaban J connectivity index is 0.000000218. The van der Waals surface area contributed by atoms with Gasteiger partial charge in [0.05, 0.1) is 5.58 Å². The summed E-state index contributed by atoms with van der Waals surface area (Å²) in [6, 6.07) is 29.2. The number of hydrogen-bond donors (Lipinski definition) is 0. The molecule has 5 heterocycles. The average Bonchev–Trinajstić information content (AvgIpc) is 3.50. The quantitative estimate of drug-likeness (QED) is 0.171. The number of aryl methyl sites for hydroxylation is 3. The molecule has 1 radical (unpaired) electrons. The van der Waals surface area contributed by atoms with E-state index in [1.54, 1.807) is 29.8 Å². The number of rotatable bonds is 2. The van der Waals surface area contributed by atoms with E-state index in [1.807, 2.05) is 60.7 Å². The van der Waals surface area contributed by atoms with Gasteiger partial charge in [-0.05, 0) is 61.6 Å². The Hall–Kier alpha value is -3.70. The van der Waals surface area contributed by atoms with Crippen molar-refractivity contribution < 1.29 is 28.6 Å². The molecular weight excluding hydrogens is 667 g/mol. The number of thiophene rings is 1. The normalized spacial score (nSPS) is 12.3. The van der Waals surface area contributed by atoms with Gasteiger partial charge in [0.1, 0.15) is 0 Å². The molecule has 5 aromatic heterocycles. The second kappa shape index (κ2) is 11.0. The summed E-state index contributed by atoms with van der Waals surface area (Å²) in [6.45, 7) is 1.93. The monoisotopic (exact) mass is 693 g/mol. The van der Waals surface area contributed by atoms with Crippen molar-refractivity contribution in [2.45, 2.75) is 20.7 Å². The Morgan fingerprint density at radius 1 is 0.868 bits per heavy atom. The van der Waals surface area contributed by atoms with E-state index in [0.717, 1.165) is 38.7 Å². The van der Waals surface area contributed by atoms with Gasteiger partial charge in [0.25, 0.3) is 0 Å². The first-order chi connectivity index (χ1) is 19.3. The van der Waals surface area contributed by atoms with Crippen LogP contribution in [0.15, 0.2) is 89.6 Å². The molecule has 0 unspecified atom stereocenters. The van der Waals surface area contributed by atoms with Gasteiger partial charge in [0.2, 0.25) is 5.71 Å². The first kappa shape index (κ1) is 22.3. The number of aromatic nitrogens is 3. The van der Waals surface area contributed by atoms with Crippen molar-refractivity contribution in [1.82, 2.24) is 15.0 Å². The summed E-state index contributed by atoms with van der Waals surface area (Å²) >= 11 is 1.74. The zero-order valence-electron chi connectivity index (χ0n) is 23.6. The van der Waals surface area contributed by atoms with E-state index in [9.17, 15) is 0 Å². The first-order valence-corrected chi connectivity index (χ1v) is 12.6. The SMILES string of the molecule is [2H]C([2H])([2H])c1ccc2c(n1)oc1c(-c3nccc4sc(C)c(C)c34)[c-]ccc12.[Ir].[c-]1ccccc1-c1ccccn1. The molecule has 7 rings (SSSR count). The summed E-state index contributed by atoms with van der Waals surface area (Å²) in [5.74, 6) is 0. The summed E-state index contributed by atoms with van der Waals surface area (Å²) in [4.78, 5) is 14.3. The molecule has 0 bridgehead atoms. The summed E-state index contributed by atoms with van der Waals surface area (Å²) in [7, 11) is 0. The largest absolute Gasteiger partial charge is 0.486 e. The third-order valence-corrected chi connectivity index (χ3v) is 7.44. The van der Waals surface area contributed by atoms with E-state index in [2.05, 4.69) is 40.9 Å². The number of hydrogen-bond acceptors (Lipinski definition) is 5. The molecule has 0 N–H and O–H groups in total. The summed E-state index contributed by atoms with van der Waals surface area (Å²) in [6.07, 6.45) is 3.59. The summed E-state index contributed by atoms with van der Waals surface area (Å²) in [5, 5.41) is 2.76. The van der Waals surface area contributed by atoms with Gasteiger partial charge in [-0.2, -0.15) is 0 Å². The van der Waals surface area contributed by atoms with Crippen molar-refractivity contribution in [1.29, 1.82) is 0 Å². The molecule has 0 atom stereocenters. The second-order valence-electron chi connectivity index (χ2n) is 8.55. The van der Waals surface area contributed by atoms with Crippen LogP contribution in [-0.4, -0.2) is 15.0 Å². The van der Waals surface area contributed by atoms with E-state index in [1.165, 1.54) is 21.2 Å². The molecule has 0 aliphatic heterocycles. The molecular formula is C32H23IrN3OS-2. The zero-order chi connectivity index (χ0) is 27.9. The molecule has 2 aromatic carbocycles. The van der Waals surface area contributed by atoms with Gasteiger partial charge in [-0.25, -0.2) is 4.98 Å². The van der Waals surface area contributed by atoms with Crippen LogP contribution in [0.3, 0.4) is 0 Å². The molecule has 0 fully saturated rings. The minimum atomic E-state index is -2.28. The third-order valence-electron chi connectivity index (χ3n) is 6.26. The summed E-state index contributed by atoms with van der Waals surface area (Å²) in [5.41, 5.74) is 5.75. The van der Waals surface area contributed by atoms with Crippen LogP contribution in [-0.2, 0) is 20.1 Å². The van der Waals surface area contributed by atoms with Gasteiger partial charge in [0.15, 0.2) is 0 Å². The number of fused-ring (bicyclic) bond motifs is 4. The summed E-state index contributed by atoms with van der Waals surface area (Å²) < 4.78 is 30.0. The van der Waals surface area contributed by atoms with Gasteiger partial charge >= 0.3 is 0 Å². The molecule has 0 spiro atoms. The van der Waals surface area contributed by atoms with Crippen LogP contribution in [0, 0.1) is 32.8 Å². The van der Waals surface area contributed by atoms with E-state index in [4.69, 9.17) is 8.53 Å². The van der Waals surface area contributed by atoms with Crippen LogP contribution >= 0.6 is 11.3 Å². The first-order valence-electron chi connectivity index (χ1n) is 13.3. The Kier molecular flexibility index (Phi) is 6.43. The van der Waals surface area contributed by atoms with Gasteiger partial charge in [0, 0.05) is 63.0 Å². The smallest absolute Gasteiger partial charge is 0.216 e. The molecule has 6 heteroatoms. The van der Waals surface area contributed by atoms with Crippen LogP contribution in [0.2, 0.25) is 0 Å². The topological polar surface area (TPSA) is 51.8 Å². The zero-order valence-corrected chi connectivity index (χ0v) is 23.8. The molecule has 4 nitrogen and oxygen atoms in total. The fraction of sp³-hybridized carbons (Fsp3) is 0.0938. The van der Waals surface area contributed by atoms with Crippen molar-refractivity contribution in [2.75, 3.05) is 0 Å². The van der Waals surface area contributed by atoms with Gasteiger partial charge in [-0.3, -0.25) is 0 Å². The van der Waals surface area contributed by atoms with Crippen molar-refractivity contribution in [3.05, 3.63) is 113 Å². The number of furan rings is 1. The van der Waals surface area contributed by atoms with E-state index >= 15 is 0 Å². The van der Waals surface area contributed by atoms with E-state index in [0.29, 0.717) is 11.3 Å². The van der Waals surface area contributed by atoms with Crippen molar-refractivity contribution in [3.63, 3.8) is 0 Å². The molecule has 0 saturated carbocycles. The predicted molar refractivity (Wildman–Crippen MR) is 152 cm³/mol. The van der Waals surface area contributed by atoms with Crippen LogP contribution in [0.5, 0.6) is 0 Å². The van der Waals surface area contributed by atoms with Gasteiger partial charge in [-0.15, -0.1) is 65.4 Å². The minimum absolute atomic E-state index is 0. The number of pyridine rings is 3. The molecule has 0 saturated heterocycles. The maximum absolute atomic E-state index is 7.59. The Morgan fingerprint density at radius 2 is 1.76 bits per heavy atom. The third kappa shape index (κ3) is 4.79. The van der Waals surface area contributed by atoms with Crippen LogP contribution in [0.25, 0.3) is 54.7 Å². The second-order valence-corrected chi connectivity index (χ2v) is 9.81. The maximum atomic E-state index is 7.59. The van der Waals surface area contributed by atoms with Crippen molar-refractivity contribution >= 4 is 43.5 Å². The standard InChI is InChI=1S/C21H15N2OS.C11H8N.Ir/c1-11-7-8-15-14-5-4-6-16(20(14)24-21(15)23-11)19-18-12(2)13(3)25-17(18)9-10-22-19;1-2-6-10(7-3-1)11-8-4-5-9-12-11;/h4-5,7-10H,1-3H3;1-6,8-9H;/q2*-1;/i1D3;;. The van der Waals surface area contributed by atoms with E-state index < -0.39 is 6.85 Å². The van der Waals surface area contributed by atoms with Crippen LogP contribution in [0.4, 0.5) is 0 Å². The van der Waals surface area contributed by atoms with Gasteiger partial charge < -0.3 is 14.4 Å². The van der Waals surface area contributed by atoms with Gasteiger partial charge in [-0.1, -0.05) is 23.1 Å². The fourth-order valence-electron chi connectivity index (χ4n) is 4.37. The van der Waals surface area contributed by atoms with Crippen molar-refractivity contribution in [3.8, 4) is 22.5 Å². The minimum Gasteiger partial charge on any atom is -0.486 e. The Bertz CT molecular complexity index is 1930. The van der Waals surface area contributed by atoms with E-state index in [-0.39, 0.29) is 25.8 Å². The van der Waals surface area contributed by atoms with Crippen LogP contribution in [0.1, 0.15) is 20.2 Å². The Labute approximate surface area is 243 Å². The number of benzene rings is 2. The average molecular weight is 693 g/mol. The van der Waals surface area contributed by atoms with Crippen LogP contribution < -0.4 is 0 Å². The molecule has 0 aliphatic rings. The molecule has 7 aromatic rings. The number of nitrogens with zero attached hydrogens (tertiary/aromatic N) is 3. The maximum Gasteiger partial charge on any atom is 0.216 e.